The summed E-state index contributed by atoms with van der Waals surface area (Å²) in [6.45, 7) is 3.72. The van der Waals surface area contributed by atoms with Gasteiger partial charge in [0.05, 0.1) is 12.7 Å². The standard InChI is InChI=1S/C19H21NO3/c1-12-11-13(2)19(23-4)16(18(12)22)9-10-17(21)14-5-7-15(20-3)8-6-14/h5-11,20,22H,1-4H3/b10-9+. The van der Waals surface area contributed by atoms with Gasteiger partial charge in [0.2, 0.25) is 0 Å². The van der Waals surface area contributed by atoms with Crippen molar-refractivity contribution in [2.45, 2.75) is 13.8 Å². The molecule has 0 radical (unpaired) electrons. The second-order valence-corrected chi connectivity index (χ2v) is 5.33. The maximum absolute atomic E-state index is 12.3. The second kappa shape index (κ2) is 7.01. The first kappa shape index (κ1) is 16.6. The number of hydrogen-bond donors (Lipinski definition) is 2. The van der Waals surface area contributed by atoms with Crippen LogP contribution in [-0.2, 0) is 0 Å². The highest BCUT2D eigenvalue weighted by Crippen LogP contribution is 2.35. The van der Waals surface area contributed by atoms with E-state index in [0.717, 1.165) is 16.8 Å². The van der Waals surface area contributed by atoms with Crippen LogP contribution in [-0.4, -0.2) is 25.0 Å². The summed E-state index contributed by atoms with van der Waals surface area (Å²) in [5.41, 5.74) is 3.70. The lowest BCUT2D eigenvalue weighted by Crippen LogP contribution is -1.97. The van der Waals surface area contributed by atoms with Gasteiger partial charge < -0.3 is 15.2 Å². The molecule has 2 aromatic carbocycles. The Kier molecular flexibility index (Phi) is 5.06. The maximum Gasteiger partial charge on any atom is 0.185 e. The molecule has 0 unspecified atom stereocenters. The summed E-state index contributed by atoms with van der Waals surface area (Å²) in [4.78, 5) is 12.3. The molecule has 0 bridgehead atoms. The molecule has 0 heterocycles. The molecule has 0 aliphatic heterocycles. The van der Waals surface area contributed by atoms with Crippen LogP contribution in [0.3, 0.4) is 0 Å². The molecule has 0 atom stereocenters. The van der Waals surface area contributed by atoms with Crippen molar-refractivity contribution >= 4 is 17.5 Å². The molecule has 4 heteroatoms. The Balaban J connectivity index is 2.34. The third kappa shape index (κ3) is 3.54. The molecule has 0 aromatic heterocycles. The number of aromatic hydroxyl groups is 1. The van der Waals surface area contributed by atoms with Gasteiger partial charge in [-0.25, -0.2) is 0 Å². The largest absolute Gasteiger partial charge is 0.507 e. The SMILES string of the molecule is CNc1ccc(C(=O)/C=C/c2c(O)c(C)cc(C)c2OC)cc1. The van der Waals surface area contributed by atoms with Crippen molar-refractivity contribution in [1.29, 1.82) is 0 Å². The number of methoxy groups -OCH3 is 1. The van der Waals surface area contributed by atoms with E-state index in [1.165, 1.54) is 6.08 Å². The Morgan fingerprint density at radius 2 is 1.83 bits per heavy atom. The fourth-order valence-electron chi connectivity index (χ4n) is 2.47. The van der Waals surface area contributed by atoms with Gasteiger partial charge in [0, 0.05) is 18.3 Å². The highest BCUT2D eigenvalue weighted by Gasteiger charge is 2.13. The molecule has 0 saturated carbocycles. The van der Waals surface area contributed by atoms with E-state index >= 15 is 0 Å². The van der Waals surface area contributed by atoms with E-state index in [0.29, 0.717) is 16.9 Å². The highest BCUT2D eigenvalue weighted by molar-refractivity contribution is 6.07. The van der Waals surface area contributed by atoms with Crippen molar-refractivity contribution in [3.8, 4) is 11.5 Å². The Labute approximate surface area is 136 Å². The first-order valence-corrected chi connectivity index (χ1v) is 7.35. The molecule has 2 rings (SSSR count). The number of allylic oxidation sites excluding steroid dienone is 1. The molecule has 0 amide bonds. The number of aryl methyl sites for hydroxylation is 2. The molecule has 0 spiro atoms. The van der Waals surface area contributed by atoms with E-state index in [1.807, 2.05) is 39.1 Å². The number of phenolic OH excluding ortho intramolecular Hbond substituents is 1. The lowest BCUT2D eigenvalue weighted by atomic mass is 10.0. The number of benzene rings is 2. The lowest BCUT2D eigenvalue weighted by molar-refractivity contribution is 0.104. The Morgan fingerprint density at radius 1 is 1.17 bits per heavy atom. The number of ether oxygens (including phenoxy) is 1. The first-order chi connectivity index (χ1) is 11.0. The number of carbonyl (C=O) groups is 1. The number of hydrogen-bond acceptors (Lipinski definition) is 4. The number of ketones is 1. The van der Waals surface area contributed by atoms with Crippen LogP contribution in [0.5, 0.6) is 11.5 Å². The van der Waals surface area contributed by atoms with Crippen molar-refractivity contribution in [2.75, 3.05) is 19.5 Å². The predicted octanol–water partition coefficient (Wildman–Crippen LogP) is 3.96. The van der Waals surface area contributed by atoms with Crippen LogP contribution < -0.4 is 10.1 Å². The van der Waals surface area contributed by atoms with Crippen molar-refractivity contribution < 1.29 is 14.6 Å². The van der Waals surface area contributed by atoms with Gasteiger partial charge in [0.15, 0.2) is 5.78 Å². The zero-order valence-corrected chi connectivity index (χ0v) is 13.8. The summed E-state index contributed by atoms with van der Waals surface area (Å²) >= 11 is 0. The maximum atomic E-state index is 12.3. The van der Waals surface area contributed by atoms with Crippen LogP contribution in [0.25, 0.3) is 6.08 Å². The van der Waals surface area contributed by atoms with Crippen molar-refractivity contribution in [1.82, 2.24) is 0 Å². The van der Waals surface area contributed by atoms with Crippen LogP contribution in [0, 0.1) is 13.8 Å². The molecule has 2 N–H and O–H groups in total. The van der Waals surface area contributed by atoms with Gasteiger partial charge in [-0.05, 0) is 67.5 Å². The number of anilines is 1. The number of phenols is 1. The molecule has 0 aliphatic carbocycles. The second-order valence-electron chi connectivity index (χ2n) is 5.33. The quantitative estimate of drug-likeness (QED) is 0.648. The smallest absolute Gasteiger partial charge is 0.185 e. The van der Waals surface area contributed by atoms with E-state index in [-0.39, 0.29) is 11.5 Å². The number of rotatable bonds is 5. The van der Waals surface area contributed by atoms with Crippen molar-refractivity contribution in [3.63, 3.8) is 0 Å². The molecule has 0 saturated heterocycles. The summed E-state index contributed by atoms with van der Waals surface area (Å²) in [7, 11) is 3.37. The van der Waals surface area contributed by atoms with Gasteiger partial charge in [-0.15, -0.1) is 0 Å². The van der Waals surface area contributed by atoms with Gasteiger partial charge in [-0.2, -0.15) is 0 Å². The van der Waals surface area contributed by atoms with Crippen molar-refractivity contribution in [2.24, 2.45) is 0 Å². The van der Waals surface area contributed by atoms with E-state index in [9.17, 15) is 9.90 Å². The first-order valence-electron chi connectivity index (χ1n) is 7.35. The van der Waals surface area contributed by atoms with Crippen LogP contribution in [0.1, 0.15) is 27.0 Å². The Hall–Kier alpha value is -2.75. The Bertz CT molecular complexity index is 746. The average molecular weight is 311 g/mol. The summed E-state index contributed by atoms with van der Waals surface area (Å²) in [6, 6.07) is 9.06. The third-order valence-corrected chi connectivity index (χ3v) is 3.73. The van der Waals surface area contributed by atoms with Gasteiger partial charge in [0.1, 0.15) is 11.5 Å². The van der Waals surface area contributed by atoms with Crippen LogP contribution >= 0.6 is 0 Å². The average Bonchev–Trinajstić information content (AvgIpc) is 2.56. The molecule has 0 aliphatic rings. The molecule has 120 valence electrons. The summed E-state index contributed by atoms with van der Waals surface area (Å²) in [6.07, 6.45) is 3.05. The van der Waals surface area contributed by atoms with Crippen LogP contribution in [0.4, 0.5) is 5.69 Å². The fourth-order valence-corrected chi connectivity index (χ4v) is 2.47. The van der Waals surface area contributed by atoms with Gasteiger partial charge >= 0.3 is 0 Å². The lowest BCUT2D eigenvalue weighted by Gasteiger charge is -2.12. The molecule has 4 nitrogen and oxygen atoms in total. The molecular formula is C19H21NO3. The third-order valence-electron chi connectivity index (χ3n) is 3.73. The normalized spacial score (nSPS) is 10.8. The summed E-state index contributed by atoms with van der Waals surface area (Å²) in [5, 5.41) is 13.2. The molecule has 2 aromatic rings. The van der Waals surface area contributed by atoms with E-state index in [2.05, 4.69) is 5.32 Å². The zero-order valence-electron chi connectivity index (χ0n) is 13.8. The molecule has 23 heavy (non-hydrogen) atoms. The minimum atomic E-state index is -0.131. The minimum Gasteiger partial charge on any atom is -0.507 e. The predicted molar refractivity (Wildman–Crippen MR) is 93.5 cm³/mol. The highest BCUT2D eigenvalue weighted by atomic mass is 16.5. The fraction of sp³-hybridized carbons (Fsp3) is 0.211. The van der Waals surface area contributed by atoms with Crippen molar-refractivity contribution in [3.05, 3.63) is 58.7 Å². The zero-order chi connectivity index (χ0) is 17.0. The monoisotopic (exact) mass is 311 g/mol. The molecular weight excluding hydrogens is 290 g/mol. The van der Waals surface area contributed by atoms with E-state index in [1.54, 1.807) is 25.3 Å². The summed E-state index contributed by atoms with van der Waals surface area (Å²) in [5.74, 6) is 0.568. The van der Waals surface area contributed by atoms with Gasteiger partial charge in [-0.1, -0.05) is 0 Å². The van der Waals surface area contributed by atoms with E-state index < -0.39 is 0 Å². The molecule has 0 fully saturated rings. The number of carbonyl (C=O) groups excluding carboxylic acids is 1. The number of nitrogens with one attached hydrogen (secondary N) is 1. The topological polar surface area (TPSA) is 58.6 Å². The Morgan fingerprint density at radius 3 is 2.39 bits per heavy atom. The van der Waals surface area contributed by atoms with E-state index in [4.69, 9.17) is 4.74 Å². The van der Waals surface area contributed by atoms with Crippen LogP contribution in [0.15, 0.2) is 36.4 Å². The van der Waals surface area contributed by atoms with Crippen LogP contribution in [0.2, 0.25) is 0 Å². The minimum absolute atomic E-state index is 0.127. The summed E-state index contributed by atoms with van der Waals surface area (Å²) < 4.78 is 5.35. The van der Waals surface area contributed by atoms with Gasteiger partial charge in [-0.3, -0.25) is 4.79 Å². The van der Waals surface area contributed by atoms with Gasteiger partial charge in [0.25, 0.3) is 0 Å².